The maximum absolute atomic E-state index is 12.5. The summed E-state index contributed by atoms with van der Waals surface area (Å²) >= 11 is 0. The Morgan fingerprint density at radius 2 is 1.33 bits per heavy atom. The summed E-state index contributed by atoms with van der Waals surface area (Å²) in [7, 11) is 0. The van der Waals surface area contributed by atoms with Crippen molar-refractivity contribution in [3.05, 3.63) is 0 Å². The third kappa shape index (κ3) is 12.1. The number of carboxylic acid groups (broad SMARTS) is 1. The lowest BCUT2D eigenvalue weighted by molar-refractivity contribution is -0.142. The number of hydrogen-bond acceptors (Lipinski definition) is 7. The minimum Gasteiger partial charge on any atom is -0.480 e. The average molecular weight is 430 g/mol. The molecule has 4 amide bonds. The van der Waals surface area contributed by atoms with Gasteiger partial charge in [-0.15, -0.1) is 0 Å². The normalized spacial score (nSPS) is 13.4. The van der Waals surface area contributed by atoms with Gasteiger partial charge in [0.15, 0.2) is 5.96 Å². The van der Waals surface area contributed by atoms with Gasteiger partial charge >= 0.3 is 5.97 Å². The van der Waals surface area contributed by atoms with E-state index in [1.165, 1.54) is 0 Å². The molecule has 0 aromatic carbocycles. The van der Waals surface area contributed by atoms with Crippen LogP contribution in [0, 0.1) is 0 Å². The third-order valence-corrected chi connectivity index (χ3v) is 3.91. The van der Waals surface area contributed by atoms with Gasteiger partial charge in [-0.3, -0.25) is 24.2 Å². The average Bonchev–Trinajstić information content (AvgIpc) is 2.64. The van der Waals surface area contributed by atoms with Crippen LogP contribution in [0.1, 0.15) is 38.5 Å². The molecule has 0 aliphatic rings. The zero-order valence-corrected chi connectivity index (χ0v) is 16.5. The smallest absolute Gasteiger partial charge is 0.326 e. The van der Waals surface area contributed by atoms with Crippen LogP contribution in [0.3, 0.4) is 0 Å². The van der Waals surface area contributed by atoms with E-state index in [0.717, 1.165) is 0 Å². The van der Waals surface area contributed by atoms with Crippen LogP contribution in [-0.4, -0.2) is 65.3 Å². The molecule has 0 aliphatic carbocycles. The van der Waals surface area contributed by atoms with Gasteiger partial charge in [-0.2, -0.15) is 0 Å². The number of carbonyl (C=O) groups is 5. The monoisotopic (exact) mass is 430 g/mol. The van der Waals surface area contributed by atoms with Gasteiger partial charge in [-0.05, 0) is 25.7 Å². The maximum atomic E-state index is 12.5. The zero-order chi connectivity index (χ0) is 23.3. The van der Waals surface area contributed by atoms with Crippen molar-refractivity contribution in [1.82, 2.24) is 10.6 Å². The highest BCUT2D eigenvalue weighted by Crippen LogP contribution is 2.04. The number of hydrogen-bond donors (Lipinski definition) is 8. The summed E-state index contributed by atoms with van der Waals surface area (Å²) in [6.07, 6.45) is -0.303. The highest BCUT2D eigenvalue weighted by atomic mass is 16.4. The van der Waals surface area contributed by atoms with Crippen LogP contribution in [0.25, 0.3) is 0 Å². The molecule has 0 bridgehead atoms. The molecular formula is C16H30N8O6. The Balaban J connectivity index is 5.05. The third-order valence-electron chi connectivity index (χ3n) is 3.91. The lowest BCUT2D eigenvalue weighted by atomic mass is 10.1. The van der Waals surface area contributed by atoms with E-state index in [-0.39, 0.29) is 51.0 Å². The van der Waals surface area contributed by atoms with Crippen molar-refractivity contribution >= 4 is 35.6 Å². The van der Waals surface area contributed by atoms with E-state index < -0.39 is 47.7 Å². The molecule has 0 aromatic rings. The van der Waals surface area contributed by atoms with Crippen molar-refractivity contribution in [3.8, 4) is 0 Å². The Morgan fingerprint density at radius 3 is 1.83 bits per heavy atom. The molecule has 0 heterocycles. The van der Waals surface area contributed by atoms with Crippen molar-refractivity contribution in [2.75, 3.05) is 6.54 Å². The number of rotatable bonds is 15. The summed E-state index contributed by atoms with van der Waals surface area (Å²) < 4.78 is 0. The fourth-order valence-electron chi connectivity index (χ4n) is 2.30. The first kappa shape index (κ1) is 26.6. The van der Waals surface area contributed by atoms with E-state index in [9.17, 15) is 29.1 Å². The number of carbonyl (C=O) groups excluding carboxylic acids is 4. The Kier molecular flexibility index (Phi) is 12.1. The number of nitrogens with two attached hydrogens (primary N) is 5. The number of amides is 4. The lowest BCUT2D eigenvalue weighted by Gasteiger charge is -2.22. The minimum atomic E-state index is -1.30. The first-order chi connectivity index (χ1) is 13.9. The van der Waals surface area contributed by atoms with Crippen LogP contribution in [-0.2, 0) is 24.0 Å². The number of nitrogens with zero attached hydrogens (tertiary/aromatic N) is 1. The van der Waals surface area contributed by atoms with E-state index in [1.54, 1.807) is 0 Å². The number of carboxylic acids is 1. The van der Waals surface area contributed by atoms with Crippen molar-refractivity contribution in [1.29, 1.82) is 0 Å². The maximum Gasteiger partial charge on any atom is 0.326 e. The predicted molar refractivity (Wildman–Crippen MR) is 106 cm³/mol. The highest BCUT2D eigenvalue weighted by Gasteiger charge is 2.28. The summed E-state index contributed by atoms with van der Waals surface area (Å²) in [6.45, 7) is 0.165. The van der Waals surface area contributed by atoms with Crippen molar-refractivity contribution in [3.63, 3.8) is 0 Å². The van der Waals surface area contributed by atoms with E-state index in [2.05, 4.69) is 15.6 Å². The Hall–Kier alpha value is -3.42. The largest absolute Gasteiger partial charge is 0.480 e. The van der Waals surface area contributed by atoms with Gasteiger partial charge in [0, 0.05) is 19.4 Å². The first-order valence-corrected chi connectivity index (χ1v) is 9.15. The van der Waals surface area contributed by atoms with E-state index >= 15 is 0 Å². The van der Waals surface area contributed by atoms with Gasteiger partial charge in [0.2, 0.25) is 23.6 Å². The SMILES string of the molecule is NC(=O)CC[C@H](NC(=O)[C@@H](N)CCC(N)=O)C(=O)N[C@@H](CCCN=C(N)N)C(=O)O. The second-order valence-corrected chi connectivity index (χ2v) is 6.53. The molecule has 0 aromatic heterocycles. The molecule has 13 N–H and O–H groups in total. The molecule has 0 aliphatic heterocycles. The van der Waals surface area contributed by atoms with Crippen molar-refractivity contribution in [2.45, 2.75) is 56.7 Å². The topological polar surface area (TPSA) is 272 Å². The molecule has 0 fully saturated rings. The van der Waals surface area contributed by atoms with Gasteiger partial charge in [0.1, 0.15) is 12.1 Å². The van der Waals surface area contributed by atoms with E-state index in [0.29, 0.717) is 0 Å². The number of nitrogens with one attached hydrogen (secondary N) is 2. The van der Waals surface area contributed by atoms with Crippen LogP contribution < -0.4 is 39.3 Å². The Bertz CT molecular complexity index is 664. The summed E-state index contributed by atoms with van der Waals surface area (Å²) in [5, 5.41) is 13.9. The molecule has 0 radical (unpaired) electrons. The van der Waals surface area contributed by atoms with Crippen LogP contribution in [0.4, 0.5) is 0 Å². The predicted octanol–water partition coefficient (Wildman–Crippen LogP) is -4.05. The van der Waals surface area contributed by atoms with Crippen molar-refractivity contribution in [2.24, 2.45) is 33.7 Å². The molecule has 170 valence electrons. The molecule has 0 saturated carbocycles. The molecule has 3 atom stereocenters. The highest BCUT2D eigenvalue weighted by molar-refractivity contribution is 5.92. The molecule has 0 unspecified atom stereocenters. The summed E-state index contributed by atoms with van der Waals surface area (Å²) in [5.74, 6) is -4.40. The van der Waals surface area contributed by atoms with E-state index in [4.69, 9.17) is 28.7 Å². The number of aliphatic carboxylic acids is 1. The molecule has 0 spiro atoms. The van der Waals surface area contributed by atoms with Crippen LogP contribution in [0.15, 0.2) is 4.99 Å². The molecule has 14 heteroatoms. The minimum absolute atomic E-state index is 0.0203. The first-order valence-electron chi connectivity index (χ1n) is 9.15. The fourth-order valence-corrected chi connectivity index (χ4v) is 2.30. The van der Waals surface area contributed by atoms with Gasteiger partial charge in [0.05, 0.1) is 6.04 Å². The Labute approximate surface area is 173 Å². The number of primary amides is 2. The van der Waals surface area contributed by atoms with Crippen LogP contribution >= 0.6 is 0 Å². The Morgan fingerprint density at radius 1 is 0.800 bits per heavy atom. The van der Waals surface area contributed by atoms with Gasteiger partial charge in [0.25, 0.3) is 0 Å². The molecular weight excluding hydrogens is 400 g/mol. The van der Waals surface area contributed by atoms with Crippen LogP contribution in [0.2, 0.25) is 0 Å². The standard InChI is InChI=1S/C16H30N8O6/c17-8(3-5-11(18)25)13(27)23-9(4-6-12(19)26)14(28)24-10(15(29)30)2-1-7-22-16(20)21/h8-10H,1-7,17H2,(H2,18,25)(H2,19,26)(H,23,27)(H,24,28)(H,29,30)(H4,20,21,22)/t8-,9-,10-/m0/s1. The second kappa shape index (κ2) is 13.7. The summed E-state index contributed by atoms with van der Waals surface area (Å²) in [6, 6.07) is -3.66. The van der Waals surface area contributed by atoms with Gasteiger partial charge in [-0.1, -0.05) is 0 Å². The number of aliphatic imine (C=N–C) groups is 1. The molecule has 14 nitrogen and oxygen atoms in total. The quantitative estimate of drug-likeness (QED) is 0.0711. The summed E-state index contributed by atoms with van der Waals surface area (Å²) in [4.78, 5) is 61.7. The van der Waals surface area contributed by atoms with Crippen LogP contribution in [0.5, 0.6) is 0 Å². The second-order valence-electron chi connectivity index (χ2n) is 6.53. The lowest BCUT2D eigenvalue weighted by Crippen LogP contribution is -2.54. The molecule has 0 rings (SSSR count). The van der Waals surface area contributed by atoms with Gasteiger partial charge < -0.3 is 44.4 Å². The molecule has 30 heavy (non-hydrogen) atoms. The van der Waals surface area contributed by atoms with Gasteiger partial charge in [-0.25, -0.2) is 4.79 Å². The molecule has 0 saturated heterocycles. The fraction of sp³-hybridized carbons (Fsp3) is 0.625. The zero-order valence-electron chi connectivity index (χ0n) is 16.5. The van der Waals surface area contributed by atoms with E-state index in [1.807, 2.05) is 0 Å². The number of guanidine groups is 1. The van der Waals surface area contributed by atoms with Crippen molar-refractivity contribution < 1.29 is 29.1 Å². The summed E-state index contributed by atoms with van der Waals surface area (Å²) in [5.41, 5.74) is 26.1.